The monoisotopic (exact) mass is 275 g/mol. The predicted octanol–water partition coefficient (Wildman–Crippen LogP) is 2.76. The number of esters is 1. The first kappa shape index (κ1) is 14.1. The van der Waals surface area contributed by atoms with Crippen molar-refractivity contribution in [3.8, 4) is 0 Å². The lowest BCUT2D eigenvalue weighted by Gasteiger charge is -2.22. The van der Waals surface area contributed by atoms with Crippen molar-refractivity contribution < 1.29 is 9.53 Å². The Bertz CT molecular complexity index is 348. The molecule has 0 spiro atoms. The van der Waals surface area contributed by atoms with Crippen molar-refractivity contribution in [3.05, 3.63) is 29.8 Å². The van der Waals surface area contributed by atoms with Crippen LogP contribution in [0.2, 0.25) is 0 Å². The number of alkyl halides is 2. The minimum Gasteiger partial charge on any atom is -0.465 e. The van der Waals surface area contributed by atoms with Gasteiger partial charge in [-0.05, 0) is 24.3 Å². The largest absolute Gasteiger partial charge is 0.465 e. The van der Waals surface area contributed by atoms with E-state index >= 15 is 0 Å². The Kier molecular flexibility index (Phi) is 6.16. The Hall–Kier alpha value is -0.930. The minimum absolute atomic E-state index is 0.335. The third-order valence-corrected chi connectivity index (χ3v) is 2.70. The molecule has 0 atom stereocenters. The maximum absolute atomic E-state index is 11.3. The van der Waals surface area contributed by atoms with Crippen LogP contribution in [-0.4, -0.2) is 37.9 Å². The highest BCUT2D eigenvalue weighted by atomic mass is 35.5. The number of ether oxygens (including phenoxy) is 1. The molecule has 17 heavy (non-hydrogen) atoms. The normalized spacial score (nSPS) is 10.1. The Morgan fingerprint density at radius 3 is 2.12 bits per heavy atom. The summed E-state index contributed by atoms with van der Waals surface area (Å²) in [6, 6.07) is 7.20. The van der Waals surface area contributed by atoms with E-state index in [0.717, 1.165) is 18.8 Å². The number of anilines is 1. The molecule has 1 rings (SSSR count). The molecular weight excluding hydrogens is 261 g/mol. The molecule has 5 heteroatoms. The van der Waals surface area contributed by atoms with Crippen molar-refractivity contribution in [2.45, 2.75) is 0 Å². The second-order valence-electron chi connectivity index (χ2n) is 3.40. The number of benzene rings is 1. The molecule has 1 aromatic carbocycles. The quantitative estimate of drug-likeness (QED) is 0.591. The molecule has 0 aliphatic carbocycles. The van der Waals surface area contributed by atoms with E-state index in [1.165, 1.54) is 7.11 Å². The number of hydrogen-bond acceptors (Lipinski definition) is 3. The van der Waals surface area contributed by atoms with Crippen LogP contribution < -0.4 is 4.90 Å². The number of halogens is 2. The van der Waals surface area contributed by atoms with Crippen molar-refractivity contribution in [1.29, 1.82) is 0 Å². The van der Waals surface area contributed by atoms with Gasteiger partial charge in [-0.25, -0.2) is 4.79 Å². The molecule has 0 amide bonds. The summed E-state index contributed by atoms with van der Waals surface area (Å²) in [5.41, 5.74) is 1.53. The highest BCUT2D eigenvalue weighted by molar-refractivity contribution is 6.18. The third-order valence-electron chi connectivity index (χ3n) is 2.36. The highest BCUT2D eigenvalue weighted by Crippen LogP contribution is 2.16. The molecular formula is C12H15Cl2NO2. The molecule has 3 nitrogen and oxygen atoms in total. The van der Waals surface area contributed by atoms with Gasteiger partial charge in [0.05, 0.1) is 12.7 Å². The van der Waals surface area contributed by atoms with Gasteiger partial charge in [-0.2, -0.15) is 0 Å². The zero-order chi connectivity index (χ0) is 12.7. The smallest absolute Gasteiger partial charge is 0.337 e. The SMILES string of the molecule is COC(=O)c1ccc(N(CCCl)CCCl)cc1. The summed E-state index contributed by atoms with van der Waals surface area (Å²) in [4.78, 5) is 13.3. The first-order valence-electron chi connectivity index (χ1n) is 5.28. The van der Waals surface area contributed by atoms with Crippen molar-refractivity contribution in [3.63, 3.8) is 0 Å². The van der Waals surface area contributed by atoms with Gasteiger partial charge in [-0.1, -0.05) is 0 Å². The van der Waals surface area contributed by atoms with Gasteiger partial charge in [0.15, 0.2) is 0 Å². The molecule has 0 saturated heterocycles. The number of hydrogen-bond donors (Lipinski definition) is 0. The first-order valence-corrected chi connectivity index (χ1v) is 6.35. The van der Waals surface area contributed by atoms with Crippen LogP contribution in [0.25, 0.3) is 0 Å². The van der Waals surface area contributed by atoms with Gasteiger partial charge < -0.3 is 9.64 Å². The fourth-order valence-electron chi connectivity index (χ4n) is 1.50. The van der Waals surface area contributed by atoms with E-state index in [1.807, 2.05) is 12.1 Å². The zero-order valence-electron chi connectivity index (χ0n) is 9.66. The van der Waals surface area contributed by atoms with Crippen LogP contribution in [0.3, 0.4) is 0 Å². The predicted molar refractivity (Wildman–Crippen MR) is 71.4 cm³/mol. The third kappa shape index (κ3) is 4.10. The highest BCUT2D eigenvalue weighted by Gasteiger charge is 2.08. The Labute approximate surface area is 111 Å². The number of carbonyl (C=O) groups excluding carboxylic acids is 1. The lowest BCUT2D eigenvalue weighted by molar-refractivity contribution is 0.0601. The van der Waals surface area contributed by atoms with E-state index in [1.54, 1.807) is 12.1 Å². The average molecular weight is 276 g/mol. The average Bonchev–Trinajstić information content (AvgIpc) is 2.38. The van der Waals surface area contributed by atoms with Crippen LogP contribution in [-0.2, 0) is 4.74 Å². The van der Waals surface area contributed by atoms with Crippen molar-refractivity contribution >= 4 is 34.9 Å². The molecule has 0 aromatic heterocycles. The lowest BCUT2D eigenvalue weighted by Crippen LogP contribution is -2.27. The van der Waals surface area contributed by atoms with Crippen LogP contribution in [0, 0.1) is 0 Å². The second-order valence-corrected chi connectivity index (χ2v) is 4.16. The number of methoxy groups -OCH3 is 1. The topological polar surface area (TPSA) is 29.5 Å². The molecule has 0 bridgehead atoms. The fourth-order valence-corrected chi connectivity index (χ4v) is 1.91. The molecule has 0 radical (unpaired) electrons. The van der Waals surface area contributed by atoms with E-state index in [-0.39, 0.29) is 5.97 Å². The second kappa shape index (κ2) is 7.41. The van der Waals surface area contributed by atoms with E-state index < -0.39 is 0 Å². The Balaban J connectivity index is 2.80. The van der Waals surface area contributed by atoms with Crippen molar-refractivity contribution in [2.75, 3.05) is 36.9 Å². The summed E-state index contributed by atoms with van der Waals surface area (Å²) in [5.74, 6) is 0.739. The molecule has 0 heterocycles. The number of carbonyl (C=O) groups is 1. The van der Waals surface area contributed by atoms with E-state index in [9.17, 15) is 4.79 Å². The van der Waals surface area contributed by atoms with Crippen LogP contribution in [0.15, 0.2) is 24.3 Å². The van der Waals surface area contributed by atoms with Crippen LogP contribution in [0.1, 0.15) is 10.4 Å². The molecule has 0 aliphatic rings. The van der Waals surface area contributed by atoms with Crippen LogP contribution in [0.5, 0.6) is 0 Å². The minimum atomic E-state index is -0.335. The zero-order valence-corrected chi connectivity index (χ0v) is 11.2. The van der Waals surface area contributed by atoms with Gasteiger partial charge in [0.2, 0.25) is 0 Å². The van der Waals surface area contributed by atoms with Crippen LogP contribution >= 0.6 is 23.2 Å². The molecule has 0 N–H and O–H groups in total. The molecule has 0 unspecified atom stereocenters. The summed E-state index contributed by atoms with van der Waals surface area (Å²) < 4.78 is 4.64. The Morgan fingerprint density at radius 2 is 1.71 bits per heavy atom. The van der Waals surface area contributed by atoms with Gasteiger partial charge in [0, 0.05) is 30.5 Å². The van der Waals surface area contributed by atoms with Gasteiger partial charge >= 0.3 is 5.97 Å². The van der Waals surface area contributed by atoms with Gasteiger partial charge in [0.1, 0.15) is 0 Å². The van der Waals surface area contributed by atoms with E-state index in [0.29, 0.717) is 17.3 Å². The summed E-state index contributed by atoms with van der Waals surface area (Å²) in [6.45, 7) is 1.46. The fraction of sp³-hybridized carbons (Fsp3) is 0.417. The molecule has 94 valence electrons. The Morgan fingerprint density at radius 1 is 1.18 bits per heavy atom. The summed E-state index contributed by atoms with van der Waals surface area (Å²) in [7, 11) is 1.36. The summed E-state index contributed by atoms with van der Waals surface area (Å²) in [6.07, 6.45) is 0. The number of rotatable bonds is 6. The molecule has 1 aromatic rings. The molecule has 0 fully saturated rings. The lowest BCUT2D eigenvalue weighted by atomic mass is 10.2. The first-order chi connectivity index (χ1) is 8.22. The van der Waals surface area contributed by atoms with Crippen molar-refractivity contribution in [1.82, 2.24) is 0 Å². The van der Waals surface area contributed by atoms with Gasteiger partial charge in [-0.15, -0.1) is 23.2 Å². The van der Waals surface area contributed by atoms with Crippen LogP contribution in [0.4, 0.5) is 5.69 Å². The van der Waals surface area contributed by atoms with E-state index in [4.69, 9.17) is 23.2 Å². The molecule has 0 saturated carbocycles. The maximum Gasteiger partial charge on any atom is 0.337 e. The summed E-state index contributed by atoms with van der Waals surface area (Å²) in [5, 5.41) is 0. The molecule has 0 aliphatic heterocycles. The maximum atomic E-state index is 11.3. The standard InChI is InChI=1S/C12H15Cl2NO2/c1-17-12(16)10-2-4-11(5-3-10)15(8-6-13)9-7-14/h2-5H,6-9H2,1H3. The number of nitrogens with zero attached hydrogens (tertiary/aromatic N) is 1. The summed E-state index contributed by atoms with van der Waals surface area (Å²) >= 11 is 11.5. The van der Waals surface area contributed by atoms with E-state index in [2.05, 4.69) is 9.64 Å². The van der Waals surface area contributed by atoms with Gasteiger partial charge in [-0.3, -0.25) is 0 Å². The van der Waals surface area contributed by atoms with Crippen molar-refractivity contribution in [2.24, 2.45) is 0 Å². The van der Waals surface area contributed by atoms with Gasteiger partial charge in [0.25, 0.3) is 0 Å².